The van der Waals surface area contributed by atoms with Gasteiger partial charge >= 0.3 is 0 Å². The van der Waals surface area contributed by atoms with Gasteiger partial charge in [0.1, 0.15) is 11.6 Å². The Morgan fingerprint density at radius 2 is 0.958 bits per heavy atom. The van der Waals surface area contributed by atoms with Gasteiger partial charge in [-0.1, -0.05) is 13.8 Å². The van der Waals surface area contributed by atoms with Gasteiger partial charge in [0.05, 0.1) is 0 Å². The van der Waals surface area contributed by atoms with Gasteiger partial charge in [-0.3, -0.25) is 0 Å². The molecule has 0 aromatic heterocycles. The summed E-state index contributed by atoms with van der Waals surface area (Å²) in [6, 6.07) is 0. The molecule has 0 heterocycles. The molecule has 0 saturated carbocycles. The highest BCUT2D eigenvalue weighted by atomic mass is 19.2. The predicted molar refractivity (Wildman–Crippen MR) is 89.5 cm³/mol. The second kappa shape index (κ2) is 6.23. The van der Waals surface area contributed by atoms with Crippen LogP contribution in [0.5, 0.6) is 0 Å². The fourth-order valence-electron chi connectivity index (χ4n) is 3.16. The monoisotopic (exact) mass is 338 g/mol. The molecule has 0 aliphatic rings. The Bertz CT molecular complexity index is 804. The van der Waals surface area contributed by atoms with Gasteiger partial charge in [-0.2, -0.15) is 0 Å². The molecule has 2 aromatic rings. The Morgan fingerprint density at radius 1 is 0.500 bits per heavy atom. The molecule has 0 N–H and O–H groups in total. The summed E-state index contributed by atoms with van der Waals surface area (Å²) in [6.07, 6.45) is 0. The topological polar surface area (TPSA) is 0 Å². The summed E-state index contributed by atoms with van der Waals surface area (Å²) in [5.74, 6) is -4.34. The molecule has 0 radical (unpaired) electrons. The van der Waals surface area contributed by atoms with Crippen LogP contribution in [-0.2, 0) is 0 Å². The van der Waals surface area contributed by atoms with E-state index in [2.05, 4.69) is 0 Å². The van der Waals surface area contributed by atoms with Crippen LogP contribution in [0.3, 0.4) is 0 Å². The zero-order valence-corrected chi connectivity index (χ0v) is 15.1. The number of benzene rings is 2. The van der Waals surface area contributed by atoms with Crippen LogP contribution in [0.2, 0.25) is 0 Å². The van der Waals surface area contributed by atoms with Crippen molar-refractivity contribution in [3.05, 3.63) is 56.6 Å². The van der Waals surface area contributed by atoms with Crippen molar-refractivity contribution in [2.45, 2.75) is 54.4 Å². The first kappa shape index (κ1) is 18.5. The summed E-state index contributed by atoms with van der Waals surface area (Å²) in [5, 5.41) is 0. The standard InChI is InChI=1S/C20H22F4/c1-8(2)14-19(23)16(13(7)18(22)20(14)24)15-11(5)9(3)10(4)12(6)17(15)21/h8H,1-7H3. The van der Waals surface area contributed by atoms with Crippen LogP contribution in [0.25, 0.3) is 11.1 Å². The first-order valence-corrected chi connectivity index (χ1v) is 7.95. The fourth-order valence-corrected chi connectivity index (χ4v) is 3.16. The Labute approximate surface area is 140 Å². The number of hydrogen-bond donors (Lipinski definition) is 0. The summed E-state index contributed by atoms with van der Waals surface area (Å²) in [5.41, 5.74) is 1.81. The Kier molecular flexibility index (Phi) is 4.80. The van der Waals surface area contributed by atoms with Crippen molar-refractivity contribution in [2.24, 2.45) is 0 Å². The van der Waals surface area contributed by atoms with Gasteiger partial charge < -0.3 is 0 Å². The van der Waals surface area contributed by atoms with Crippen molar-refractivity contribution in [3.63, 3.8) is 0 Å². The van der Waals surface area contributed by atoms with E-state index in [9.17, 15) is 13.2 Å². The molecule has 0 aliphatic carbocycles. The van der Waals surface area contributed by atoms with Crippen LogP contribution in [0.15, 0.2) is 0 Å². The Morgan fingerprint density at radius 3 is 1.46 bits per heavy atom. The third kappa shape index (κ3) is 2.52. The fraction of sp³-hybridized carbons (Fsp3) is 0.400. The first-order valence-electron chi connectivity index (χ1n) is 7.95. The summed E-state index contributed by atoms with van der Waals surface area (Å²) in [7, 11) is 0. The lowest BCUT2D eigenvalue weighted by molar-refractivity contribution is 0.468. The summed E-state index contributed by atoms with van der Waals surface area (Å²) in [4.78, 5) is 0. The van der Waals surface area contributed by atoms with Crippen molar-refractivity contribution in [3.8, 4) is 11.1 Å². The smallest absolute Gasteiger partial charge is 0.165 e. The molecule has 0 saturated heterocycles. The van der Waals surface area contributed by atoms with Crippen LogP contribution in [0.1, 0.15) is 53.1 Å². The molecule has 2 rings (SSSR count). The molecular weight excluding hydrogens is 316 g/mol. The Hall–Kier alpha value is -1.84. The van der Waals surface area contributed by atoms with Crippen molar-refractivity contribution < 1.29 is 17.6 Å². The molecule has 0 aliphatic heterocycles. The number of hydrogen-bond acceptors (Lipinski definition) is 0. The maximum atomic E-state index is 15.1. The van der Waals surface area contributed by atoms with Gasteiger partial charge in [-0.05, 0) is 68.4 Å². The van der Waals surface area contributed by atoms with E-state index >= 15 is 4.39 Å². The lowest BCUT2D eigenvalue weighted by atomic mass is 9.85. The zero-order valence-electron chi connectivity index (χ0n) is 15.1. The van der Waals surface area contributed by atoms with E-state index in [0.717, 1.165) is 11.1 Å². The second-order valence-electron chi connectivity index (χ2n) is 6.70. The average Bonchev–Trinajstić information content (AvgIpc) is 2.52. The summed E-state index contributed by atoms with van der Waals surface area (Å²) >= 11 is 0. The van der Waals surface area contributed by atoms with E-state index < -0.39 is 29.2 Å². The van der Waals surface area contributed by atoms with Crippen LogP contribution in [-0.4, -0.2) is 0 Å². The zero-order chi connectivity index (χ0) is 18.5. The molecule has 0 bridgehead atoms. The largest absolute Gasteiger partial charge is 0.206 e. The molecular formula is C20H22F4. The van der Waals surface area contributed by atoms with Crippen molar-refractivity contribution in [2.75, 3.05) is 0 Å². The molecule has 0 unspecified atom stereocenters. The van der Waals surface area contributed by atoms with E-state index in [4.69, 9.17) is 0 Å². The van der Waals surface area contributed by atoms with Crippen LogP contribution in [0.4, 0.5) is 17.6 Å². The van der Waals surface area contributed by atoms with E-state index in [1.165, 1.54) is 6.92 Å². The van der Waals surface area contributed by atoms with E-state index in [1.807, 2.05) is 6.92 Å². The maximum Gasteiger partial charge on any atom is 0.165 e. The molecule has 0 amide bonds. The van der Waals surface area contributed by atoms with Gasteiger partial charge in [0, 0.05) is 16.7 Å². The molecule has 0 spiro atoms. The lowest BCUT2D eigenvalue weighted by Gasteiger charge is -2.21. The third-order valence-corrected chi connectivity index (χ3v) is 5.03. The minimum absolute atomic E-state index is 0.0198. The van der Waals surface area contributed by atoms with E-state index in [0.29, 0.717) is 11.1 Å². The second-order valence-corrected chi connectivity index (χ2v) is 6.70. The molecule has 0 fully saturated rings. The molecule has 0 nitrogen and oxygen atoms in total. The molecule has 0 atom stereocenters. The number of rotatable bonds is 2. The predicted octanol–water partition coefficient (Wildman–Crippen LogP) is 6.58. The molecule has 4 heteroatoms. The minimum atomic E-state index is -1.19. The highest BCUT2D eigenvalue weighted by Gasteiger charge is 2.28. The average molecular weight is 338 g/mol. The molecule has 2 aromatic carbocycles. The van der Waals surface area contributed by atoms with Gasteiger partial charge in [-0.25, -0.2) is 17.6 Å². The highest BCUT2D eigenvalue weighted by Crippen LogP contribution is 2.40. The van der Waals surface area contributed by atoms with E-state index in [-0.39, 0.29) is 22.3 Å². The number of halogens is 4. The van der Waals surface area contributed by atoms with Crippen LogP contribution < -0.4 is 0 Å². The van der Waals surface area contributed by atoms with Crippen molar-refractivity contribution in [1.29, 1.82) is 0 Å². The van der Waals surface area contributed by atoms with Gasteiger partial charge in [0.15, 0.2) is 11.6 Å². The normalized spacial score (nSPS) is 11.5. The Balaban J connectivity index is 3.05. The lowest BCUT2D eigenvalue weighted by Crippen LogP contribution is -2.10. The van der Waals surface area contributed by atoms with Gasteiger partial charge in [0.25, 0.3) is 0 Å². The summed E-state index contributed by atoms with van der Waals surface area (Å²) in [6.45, 7) is 11.3. The van der Waals surface area contributed by atoms with Crippen molar-refractivity contribution >= 4 is 0 Å². The highest BCUT2D eigenvalue weighted by molar-refractivity contribution is 5.75. The van der Waals surface area contributed by atoms with Crippen molar-refractivity contribution in [1.82, 2.24) is 0 Å². The van der Waals surface area contributed by atoms with Gasteiger partial charge in [0.2, 0.25) is 0 Å². The third-order valence-electron chi connectivity index (χ3n) is 5.03. The molecule has 24 heavy (non-hydrogen) atoms. The SMILES string of the molecule is Cc1c(C)c(C)c(-c2c(C)c(F)c(F)c(C(C)C)c2F)c(F)c1C. The quantitative estimate of drug-likeness (QED) is 0.429. The first-order chi connectivity index (χ1) is 11.0. The van der Waals surface area contributed by atoms with E-state index in [1.54, 1.807) is 34.6 Å². The van der Waals surface area contributed by atoms with Gasteiger partial charge in [-0.15, -0.1) is 0 Å². The molecule has 130 valence electrons. The van der Waals surface area contributed by atoms with Crippen LogP contribution >= 0.6 is 0 Å². The van der Waals surface area contributed by atoms with Crippen LogP contribution in [0, 0.1) is 57.9 Å². The minimum Gasteiger partial charge on any atom is -0.206 e. The summed E-state index contributed by atoms with van der Waals surface area (Å²) < 4.78 is 58.5. The maximum absolute atomic E-state index is 15.1.